The maximum atomic E-state index is 5.29. The van der Waals surface area contributed by atoms with Crippen LogP contribution in [0.5, 0.6) is 11.5 Å². The molecule has 0 bridgehead atoms. The van der Waals surface area contributed by atoms with Crippen molar-refractivity contribution in [1.82, 2.24) is 0 Å². The summed E-state index contributed by atoms with van der Waals surface area (Å²) in [6.07, 6.45) is 0. The van der Waals surface area contributed by atoms with Crippen molar-refractivity contribution >= 4 is 33.3 Å². The zero-order valence-electron chi connectivity index (χ0n) is 14.2. The second-order valence-corrected chi connectivity index (χ2v) is 7.00. The van der Waals surface area contributed by atoms with Gasteiger partial charge in [-0.15, -0.1) is 0 Å². The number of fused-ring (bicyclic) bond motifs is 2. The molecule has 0 spiro atoms. The van der Waals surface area contributed by atoms with Crippen molar-refractivity contribution in [2.75, 3.05) is 14.2 Å². The molecule has 124 valence electrons. The van der Waals surface area contributed by atoms with E-state index in [0.29, 0.717) is 0 Å². The molecule has 4 aromatic rings. The lowest BCUT2D eigenvalue weighted by molar-refractivity contribution is 0.415. The maximum absolute atomic E-state index is 5.29. The van der Waals surface area contributed by atoms with E-state index in [1.54, 1.807) is 26.0 Å². The molecule has 0 amide bonds. The van der Waals surface area contributed by atoms with Gasteiger partial charge in [0.1, 0.15) is 11.5 Å². The molecule has 0 unspecified atom stereocenters. The average molecular weight is 346 g/mol. The molecule has 0 aromatic heterocycles. The van der Waals surface area contributed by atoms with Gasteiger partial charge < -0.3 is 9.47 Å². The maximum Gasteiger partial charge on any atom is 0.119 e. The topological polar surface area (TPSA) is 18.5 Å². The van der Waals surface area contributed by atoms with Gasteiger partial charge in [0.25, 0.3) is 0 Å². The zero-order valence-corrected chi connectivity index (χ0v) is 15.0. The summed E-state index contributed by atoms with van der Waals surface area (Å²) < 4.78 is 10.6. The van der Waals surface area contributed by atoms with Crippen LogP contribution in [0.3, 0.4) is 0 Å². The highest BCUT2D eigenvalue weighted by molar-refractivity contribution is 7.99. The molecule has 0 aliphatic heterocycles. The van der Waals surface area contributed by atoms with E-state index in [1.165, 1.54) is 31.3 Å². The van der Waals surface area contributed by atoms with Crippen LogP contribution in [0, 0.1) is 0 Å². The number of rotatable bonds is 4. The number of methoxy groups -OCH3 is 2. The first-order chi connectivity index (χ1) is 12.2. The minimum absolute atomic E-state index is 0.887. The van der Waals surface area contributed by atoms with Crippen molar-refractivity contribution in [1.29, 1.82) is 0 Å². The molecule has 25 heavy (non-hydrogen) atoms. The van der Waals surface area contributed by atoms with E-state index in [1.807, 2.05) is 12.1 Å². The van der Waals surface area contributed by atoms with Gasteiger partial charge in [0.15, 0.2) is 0 Å². The largest absolute Gasteiger partial charge is 0.497 e. The Kier molecular flexibility index (Phi) is 4.24. The van der Waals surface area contributed by atoms with Crippen LogP contribution in [0.15, 0.2) is 82.6 Å². The fourth-order valence-corrected chi connectivity index (χ4v) is 3.84. The van der Waals surface area contributed by atoms with Crippen LogP contribution in [-0.4, -0.2) is 14.2 Å². The average Bonchev–Trinajstić information content (AvgIpc) is 2.67. The predicted octanol–water partition coefficient (Wildman–Crippen LogP) is 6.16. The van der Waals surface area contributed by atoms with Gasteiger partial charge in [-0.05, 0) is 70.1 Å². The third-order valence-corrected chi connectivity index (χ3v) is 5.25. The van der Waals surface area contributed by atoms with Crippen LogP contribution in [0.4, 0.5) is 0 Å². The molecular weight excluding hydrogens is 328 g/mol. The number of hydrogen-bond donors (Lipinski definition) is 0. The predicted molar refractivity (Wildman–Crippen MR) is 105 cm³/mol. The molecule has 0 atom stereocenters. The van der Waals surface area contributed by atoms with Gasteiger partial charge in [0.2, 0.25) is 0 Å². The summed E-state index contributed by atoms with van der Waals surface area (Å²) in [7, 11) is 3.39. The molecular formula is C22H18O2S. The number of ether oxygens (including phenoxy) is 2. The molecule has 0 saturated carbocycles. The Morgan fingerprint density at radius 1 is 0.520 bits per heavy atom. The summed E-state index contributed by atoms with van der Waals surface area (Å²) in [5, 5.41) is 4.82. The zero-order chi connectivity index (χ0) is 17.2. The lowest BCUT2D eigenvalue weighted by atomic mass is 10.1. The molecule has 0 saturated heterocycles. The van der Waals surface area contributed by atoms with Crippen molar-refractivity contribution in [2.45, 2.75) is 9.79 Å². The Labute approximate surface area is 151 Å². The van der Waals surface area contributed by atoms with Crippen LogP contribution in [0.1, 0.15) is 0 Å². The van der Waals surface area contributed by atoms with E-state index >= 15 is 0 Å². The SMILES string of the molecule is COc1ccc2cc(Sc3ccc4cc(OC)ccc4c3)ccc2c1. The molecule has 0 aliphatic rings. The standard InChI is InChI=1S/C22H18O2S/c1-23-19-7-3-17-13-21(9-5-15(17)11-19)25-22-10-6-16-12-20(24-2)8-4-18(16)14-22/h3-14H,1-2H3. The van der Waals surface area contributed by atoms with E-state index < -0.39 is 0 Å². The highest BCUT2D eigenvalue weighted by Crippen LogP contribution is 2.33. The summed E-state index contributed by atoms with van der Waals surface area (Å²) in [5.41, 5.74) is 0. The monoisotopic (exact) mass is 346 g/mol. The fourth-order valence-electron chi connectivity index (χ4n) is 2.92. The summed E-state index contributed by atoms with van der Waals surface area (Å²) in [6, 6.07) is 25.4. The minimum atomic E-state index is 0.887. The summed E-state index contributed by atoms with van der Waals surface area (Å²) in [6.45, 7) is 0. The summed E-state index contributed by atoms with van der Waals surface area (Å²) in [4.78, 5) is 2.45. The Morgan fingerprint density at radius 2 is 0.920 bits per heavy atom. The molecule has 0 fully saturated rings. The number of benzene rings is 4. The van der Waals surface area contributed by atoms with E-state index in [0.717, 1.165) is 11.5 Å². The van der Waals surface area contributed by atoms with Gasteiger partial charge in [-0.25, -0.2) is 0 Å². The summed E-state index contributed by atoms with van der Waals surface area (Å²) >= 11 is 1.77. The van der Waals surface area contributed by atoms with Crippen LogP contribution in [0.25, 0.3) is 21.5 Å². The quantitative estimate of drug-likeness (QED) is 0.441. The van der Waals surface area contributed by atoms with Crippen molar-refractivity contribution in [3.8, 4) is 11.5 Å². The molecule has 0 heterocycles. The van der Waals surface area contributed by atoms with E-state index in [-0.39, 0.29) is 0 Å². The summed E-state index contributed by atoms with van der Waals surface area (Å²) in [5.74, 6) is 1.77. The van der Waals surface area contributed by atoms with Gasteiger partial charge in [-0.2, -0.15) is 0 Å². The van der Waals surface area contributed by atoms with E-state index in [4.69, 9.17) is 9.47 Å². The Bertz CT molecular complexity index is 971. The van der Waals surface area contributed by atoms with Gasteiger partial charge >= 0.3 is 0 Å². The van der Waals surface area contributed by atoms with Gasteiger partial charge in [0, 0.05) is 9.79 Å². The first-order valence-electron chi connectivity index (χ1n) is 8.09. The molecule has 0 aliphatic carbocycles. The highest BCUT2D eigenvalue weighted by atomic mass is 32.2. The van der Waals surface area contributed by atoms with Crippen molar-refractivity contribution in [3.63, 3.8) is 0 Å². The number of hydrogen-bond acceptors (Lipinski definition) is 3. The lowest BCUT2D eigenvalue weighted by Gasteiger charge is -2.07. The van der Waals surface area contributed by atoms with Gasteiger partial charge in [0.05, 0.1) is 14.2 Å². The Hall–Kier alpha value is -2.65. The highest BCUT2D eigenvalue weighted by Gasteiger charge is 2.03. The second-order valence-electron chi connectivity index (χ2n) is 5.85. The van der Waals surface area contributed by atoms with Crippen LogP contribution in [-0.2, 0) is 0 Å². The molecule has 0 N–H and O–H groups in total. The normalized spacial score (nSPS) is 11.0. The molecule has 0 radical (unpaired) electrons. The smallest absolute Gasteiger partial charge is 0.119 e. The third kappa shape index (κ3) is 3.28. The molecule has 4 rings (SSSR count). The first kappa shape index (κ1) is 15.9. The second kappa shape index (κ2) is 6.69. The third-order valence-electron chi connectivity index (χ3n) is 4.27. The minimum Gasteiger partial charge on any atom is -0.497 e. The van der Waals surface area contributed by atoms with Crippen molar-refractivity contribution in [3.05, 3.63) is 72.8 Å². The van der Waals surface area contributed by atoms with Crippen molar-refractivity contribution < 1.29 is 9.47 Å². The Balaban J connectivity index is 1.64. The first-order valence-corrected chi connectivity index (χ1v) is 8.90. The van der Waals surface area contributed by atoms with Crippen LogP contribution in [0.2, 0.25) is 0 Å². The van der Waals surface area contributed by atoms with E-state index in [9.17, 15) is 0 Å². The van der Waals surface area contributed by atoms with Gasteiger partial charge in [-0.3, -0.25) is 0 Å². The molecule has 3 heteroatoms. The lowest BCUT2D eigenvalue weighted by Crippen LogP contribution is -1.83. The Morgan fingerprint density at radius 3 is 1.36 bits per heavy atom. The van der Waals surface area contributed by atoms with Crippen LogP contribution < -0.4 is 9.47 Å². The van der Waals surface area contributed by atoms with Crippen LogP contribution >= 0.6 is 11.8 Å². The van der Waals surface area contributed by atoms with Crippen molar-refractivity contribution in [2.24, 2.45) is 0 Å². The van der Waals surface area contributed by atoms with Gasteiger partial charge in [-0.1, -0.05) is 36.0 Å². The molecule has 4 aromatic carbocycles. The molecule has 2 nitrogen and oxygen atoms in total. The fraction of sp³-hybridized carbons (Fsp3) is 0.0909. The van der Waals surface area contributed by atoms with E-state index in [2.05, 4.69) is 60.7 Å².